The molecule has 0 aliphatic rings. The first-order valence-corrected chi connectivity index (χ1v) is 6.53. The molecule has 3 nitrogen and oxygen atoms in total. The molecule has 102 valence electrons. The number of hydrogen-bond acceptors (Lipinski definition) is 3. The highest BCUT2D eigenvalue weighted by atomic mass is 16.5. The van der Waals surface area contributed by atoms with Gasteiger partial charge in [-0.25, -0.2) is 0 Å². The standard InChI is InChI=1S/C17H18N2O/c1-19(12-15-8-4-3-7-14(15)11-18)13-16-9-5-6-10-17(16)20-2/h3-10H,12-13H2,1-2H3. The van der Waals surface area contributed by atoms with Gasteiger partial charge < -0.3 is 4.74 Å². The molecule has 2 aromatic rings. The van der Waals surface area contributed by atoms with Crippen molar-refractivity contribution < 1.29 is 4.74 Å². The number of para-hydroxylation sites is 1. The number of hydrogen-bond donors (Lipinski definition) is 0. The molecule has 2 aromatic carbocycles. The molecule has 0 atom stereocenters. The summed E-state index contributed by atoms with van der Waals surface area (Å²) < 4.78 is 5.36. The molecule has 0 heterocycles. The number of ether oxygens (including phenoxy) is 1. The van der Waals surface area contributed by atoms with E-state index in [1.807, 2.05) is 49.5 Å². The minimum absolute atomic E-state index is 0.736. The Morgan fingerprint density at radius 2 is 1.60 bits per heavy atom. The van der Waals surface area contributed by atoms with Gasteiger partial charge in [-0.1, -0.05) is 36.4 Å². The van der Waals surface area contributed by atoms with Crippen molar-refractivity contribution in [2.75, 3.05) is 14.2 Å². The summed E-state index contributed by atoms with van der Waals surface area (Å²) in [6.07, 6.45) is 0. The Morgan fingerprint density at radius 1 is 1.00 bits per heavy atom. The molecule has 0 radical (unpaired) electrons. The van der Waals surface area contributed by atoms with Crippen LogP contribution in [0, 0.1) is 11.3 Å². The zero-order valence-corrected chi connectivity index (χ0v) is 11.8. The molecule has 0 unspecified atom stereocenters. The maximum absolute atomic E-state index is 9.11. The van der Waals surface area contributed by atoms with Crippen molar-refractivity contribution in [2.24, 2.45) is 0 Å². The van der Waals surface area contributed by atoms with Crippen LogP contribution < -0.4 is 4.74 Å². The van der Waals surface area contributed by atoms with Gasteiger partial charge in [0.05, 0.1) is 18.7 Å². The van der Waals surface area contributed by atoms with E-state index in [2.05, 4.69) is 17.0 Å². The van der Waals surface area contributed by atoms with Gasteiger partial charge in [-0.2, -0.15) is 5.26 Å². The second-order valence-corrected chi connectivity index (χ2v) is 4.75. The van der Waals surface area contributed by atoms with Crippen molar-refractivity contribution in [1.82, 2.24) is 4.90 Å². The van der Waals surface area contributed by atoms with Gasteiger partial charge in [-0.05, 0) is 24.7 Å². The van der Waals surface area contributed by atoms with Crippen molar-refractivity contribution in [3.05, 3.63) is 65.2 Å². The molecular weight excluding hydrogens is 248 g/mol. The van der Waals surface area contributed by atoms with E-state index in [-0.39, 0.29) is 0 Å². The lowest BCUT2D eigenvalue weighted by Gasteiger charge is -2.19. The summed E-state index contributed by atoms with van der Waals surface area (Å²) in [5, 5.41) is 9.11. The van der Waals surface area contributed by atoms with Gasteiger partial charge in [-0.15, -0.1) is 0 Å². The fourth-order valence-electron chi connectivity index (χ4n) is 2.24. The predicted octanol–water partition coefficient (Wildman–Crippen LogP) is 3.20. The Labute approximate surface area is 120 Å². The third kappa shape index (κ3) is 3.37. The molecule has 0 aliphatic heterocycles. The van der Waals surface area contributed by atoms with Crippen LogP contribution in [0.25, 0.3) is 0 Å². The fraction of sp³-hybridized carbons (Fsp3) is 0.235. The molecule has 0 aromatic heterocycles. The summed E-state index contributed by atoms with van der Waals surface area (Å²) in [4.78, 5) is 2.17. The molecule has 0 spiro atoms. The van der Waals surface area contributed by atoms with Crippen LogP contribution in [-0.2, 0) is 13.1 Å². The van der Waals surface area contributed by atoms with E-state index in [4.69, 9.17) is 10.00 Å². The van der Waals surface area contributed by atoms with Crippen LogP contribution in [0.5, 0.6) is 5.75 Å². The number of benzene rings is 2. The van der Waals surface area contributed by atoms with Gasteiger partial charge in [0.15, 0.2) is 0 Å². The Kier molecular flexibility index (Phi) is 4.75. The minimum Gasteiger partial charge on any atom is -0.496 e. The summed E-state index contributed by atoms with van der Waals surface area (Å²) in [5.74, 6) is 0.896. The van der Waals surface area contributed by atoms with Crippen LogP contribution in [0.1, 0.15) is 16.7 Å². The fourth-order valence-corrected chi connectivity index (χ4v) is 2.24. The Morgan fingerprint density at radius 3 is 2.30 bits per heavy atom. The van der Waals surface area contributed by atoms with E-state index < -0.39 is 0 Å². The van der Waals surface area contributed by atoms with Crippen molar-refractivity contribution in [3.8, 4) is 11.8 Å². The highest BCUT2D eigenvalue weighted by Crippen LogP contribution is 2.20. The molecule has 20 heavy (non-hydrogen) atoms. The molecule has 0 saturated heterocycles. The van der Waals surface area contributed by atoms with Crippen LogP contribution >= 0.6 is 0 Å². The summed E-state index contributed by atoms with van der Waals surface area (Å²) in [7, 11) is 3.73. The number of nitrogens with zero attached hydrogens (tertiary/aromatic N) is 2. The van der Waals surface area contributed by atoms with E-state index in [1.54, 1.807) is 7.11 Å². The lowest BCUT2D eigenvalue weighted by molar-refractivity contribution is 0.310. The first-order chi connectivity index (χ1) is 9.74. The predicted molar refractivity (Wildman–Crippen MR) is 79.3 cm³/mol. The van der Waals surface area contributed by atoms with E-state index in [0.717, 1.165) is 35.5 Å². The zero-order valence-electron chi connectivity index (χ0n) is 11.8. The number of methoxy groups -OCH3 is 1. The van der Waals surface area contributed by atoms with Gasteiger partial charge in [0.25, 0.3) is 0 Å². The molecular formula is C17H18N2O. The average Bonchev–Trinajstić information content (AvgIpc) is 2.48. The van der Waals surface area contributed by atoms with Crippen LogP contribution in [0.15, 0.2) is 48.5 Å². The van der Waals surface area contributed by atoms with Crippen molar-refractivity contribution in [2.45, 2.75) is 13.1 Å². The van der Waals surface area contributed by atoms with Crippen molar-refractivity contribution in [1.29, 1.82) is 5.26 Å². The third-order valence-corrected chi connectivity index (χ3v) is 3.21. The summed E-state index contributed by atoms with van der Waals surface area (Å²) in [6, 6.07) is 17.9. The maximum Gasteiger partial charge on any atom is 0.123 e. The molecule has 0 saturated carbocycles. The van der Waals surface area contributed by atoms with Crippen LogP contribution in [-0.4, -0.2) is 19.1 Å². The van der Waals surface area contributed by atoms with Gasteiger partial charge in [0.2, 0.25) is 0 Å². The first-order valence-electron chi connectivity index (χ1n) is 6.53. The van der Waals surface area contributed by atoms with Crippen molar-refractivity contribution in [3.63, 3.8) is 0 Å². The largest absolute Gasteiger partial charge is 0.496 e. The number of nitriles is 1. The van der Waals surface area contributed by atoms with Crippen LogP contribution in [0.3, 0.4) is 0 Å². The normalized spacial score (nSPS) is 10.3. The summed E-state index contributed by atoms with van der Waals surface area (Å²) >= 11 is 0. The van der Waals surface area contributed by atoms with E-state index in [9.17, 15) is 0 Å². The van der Waals surface area contributed by atoms with Gasteiger partial charge in [0, 0.05) is 18.7 Å². The van der Waals surface area contributed by atoms with E-state index in [0.29, 0.717) is 0 Å². The molecule has 0 fully saturated rings. The second kappa shape index (κ2) is 6.74. The molecule has 0 aliphatic carbocycles. The molecule has 0 N–H and O–H groups in total. The topological polar surface area (TPSA) is 36.3 Å². The zero-order chi connectivity index (χ0) is 14.4. The molecule has 0 bridgehead atoms. The monoisotopic (exact) mass is 266 g/mol. The van der Waals surface area contributed by atoms with E-state index >= 15 is 0 Å². The van der Waals surface area contributed by atoms with Gasteiger partial charge in [0.1, 0.15) is 5.75 Å². The minimum atomic E-state index is 0.736. The first kappa shape index (κ1) is 14.1. The van der Waals surface area contributed by atoms with Gasteiger partial charge in [-0.3, -0.25) is 4.90 Å². The molecule has 2 rings (SSSR count). The molecule has 3 heteroatoms. The summed E-state index contributed by atoms with van der Waals surface area (Å²) in [6.45, 7) is 1.52. The lowest BCUT2D eigenvalue weighted by atomic mass is 10.1. The Bertz CT molecular complexity index is 616. The van der Waals surface area contributed by atoms with Crippen LogP contribution in [0.2, 0.25) is 0 Å². The highest BCUT2D eigenvalue weighted by molar-refractivity contribution is 5.37. The lowest BCUT2D eigenvalue weighted by Crippen LogP contribution is -2.18. The van der Waals surface area contributed by atoms with E-state index in [1.165, 1.54) is 0 Å². The van der Waals surface area contributed by atoms with Gasteiger partial charge >= 0.3 is 0 Å². The smallest absolute Gasteiger partial charge is 0.123 e. The highest BCUT2D eigenvalue weighted by Gasteiger charge is 2.08. The third-order valence-electron chi connectivity index (χ3n) is 3.21. The summed E-state index contributed by atoms with van der Waals surface area (Å²) in [5.41, 5.74) is 2.93. The quantitative estimate of drug-likeness (QED) is 0.833. The number of rotatable bonds is 5. The molecule has 0 amide bonds. The SMILES string of the molecule is COc1ccccc1CN(C)Cc1ccccc1C#N. The average molecular weight is 266 g/mol. The maximum atomic E-state index is 9.11. The Balaban J connectivity index is 2.09. The Hall–Kier alpha value is -2.31. The van der Waals surface area contributed by atoms with Crippen LogP contribution in [0.4, 0.5) is 0 Å². The second-order valence-electron chi connectivity index (χ2n) is 4.75. The van der Waals surface area contributed by atoms with Crippen molar-refractivity contribution >= 4 is 0 Å².